The highest BCUT2D eigenvalue weighted by Crippen LogP contribution is 2.37. The summed E-state index contributed by atoms with van der Waals surface area (Å²) in [5.74, 6) is -2.98. The lowest BCUT2D eigenvalue weighted by atomic mass is 9.79. The minimum atomic E-state index is -5.08. The van der Waals surface area contributed by atoms with Gasteiger partial charge >= 0.3 is 6.36 Å². The van der Waals surface area contributed by atoms with Crippen molar-refractivity contribution < 1.29 is 26.7 Å². The zero-order chi connectivity index (χ0) is 18.9. The molecule has 0 aliphatic heterocycles. The van der Waals surface area contributed by atoms with Crippen molar-refractivity contribution >= 4 is 0 Å². The van der Waals surface area contributed by atoms with Gasteiger partial charge in [-0.1, -0.05) is 44.0 Å². The van der Waals surface area contributed by atoms with E-state index in [2.05, 4.69) is 11.7 Å². The topological polar surface area (TPSA) is 9.23 Å². The van der Waals surface area contributed by atoms with Crippen LogP contribution in [0.15, 0.2) is 36.4 Å². The van der Waals surface area contributed by atoms with Crippen molar-refractivity contribution in [3.63, 3.8) is 0 Å². The van der Waals surface area contributed by atoms with Crippen molar-refractivity contribution in [2.24, 2.45) is 5.92 Å². The van der Waals surface area contributed by atoms with E-state index in [0.29, 0.717) is 11.5 Å². The second kappa shape index (κ2) is 7.25. The molecule has 2 aromatic rings. The molecule has 0 aromatic heterocycles. The highest BCUT2D eigenvalue weighted by molar-refractivity contribution is 5.65. The molecule has 0 saturated heterocycles. The first kappa shape index (κ1) is 18.7. The van der Waals surface area contributed by atoms with Crippen molar-refractivity contribution in [3.05, 3.63) is 53.6 Å². The number of hydrogen-bond acceptors (Lipinski definition) is 1. The molecule has 0 amide bonds. The van der Waals surface area contributed by atoms with Crippen LogP contribution >= 0.6 is 0 Å². The number of halogens is 5. The van der Waals surface area contributed by atoms with Crippen LogP contribution < -0.4 is 4.74 Å². The lowest BCUT2D eigenvalue weighted by Crippen LogP contribution is -2.18. The second-order valence-corrected chi connectivity index (χ2v) is 6.87. The van der Waals surface area contributed by atoms with Crippen molar-refractivity contribution in [3.8, 4) is 16.9 Å². The minimum absolute atomic E-state index is 0.0964. The molecule has 140 valence electrons. The summed E-state index contributed by atoms with van der Waals surface area (Å²) in [7, 11) is 0. The molecule has 1 saturated carbocycles. The summed E-state index contributed by atoms with van der Waals surface area (Å²) in [4.78, 5) is 0. The number of hydrogen-bond donors (Lipinski definition) is 0. The smallest absolute Gasteiger partial charge is 0.403 e. The fourth-order valence-corrected chi connectivity index (χ4v) is 3.49. The number of rotatable bonds is 3. The molecule has 0 N–H and O–H groups in total. The third-order valence-electron chi connectivity index (χ3n) is 4.98. The summed E-state index contributed by atoms with van der Waals surface area (Å²) < 4.78 is 68.2. The van der Waals surface area contributed by atoms with E-state index in [0.717, 1.165) is 36.5 Å². The molecule has 6 heteroatoms. The molecule has 1 aliphatic carbocycles. The van der Waals surface area contributed by atoms with Crippen LogP contribution in [-0.2, 0) is 0 Å². The first-order chi connectivity index (χ1) is 12.2. The zero-order valence-corrected chi connectivity index (χ0v) is 14.2. The van der Waals surface area contributed by atoms with E-state index in [-0.39, 0.29) is 5.56 Å². The summed E-state index contributed by atoms with van der Waals surface area (Å²) in [6.07, 6.45) is -0.520. The van der Waals surface area contributed by atoms with Gasteiger partial charge in [-0.3, -0.25) is 0 Å². The Kier molecular flexibility index (Phi) is 5.21. The third kappa shape index (κ3) is 4.17. The van der Waals surface area contributed by atoms with Crippen LogP contribution in [0.3, 0.4) is 0 Å². The Morgan fingerprint density at radius 3 is 2.04 bits per heavy atom. The summed E-state index contributed by atoms with van der Waals surface area (Å²) >= 11 is 0. The Morgan fingerprint density at radius 2 is 1.46 bits per heavy atom. The Bertz CT molecular complexity index is 759. The Morgan fingerprint density at radius 1 is 0.846 bits per heavy atom. The van der Waals surface area contributed by atoms with E-state index in [1.54, 1.807) is 12.1 Å². The van der Waals surface area contributed by atoms with Gasteiger partial charge in [0.2, 0.25) is 5.82 Å². The predicted octanol–water partition coefficient (Wildman–Crippen LogP) is 6.82. The zero-order valence-electron chi connectivity index (χ0n) is 14.2. The molecule has 2 aromatic carbocycles. The largest absolute Gasteiger partial charge is 0.573 e. The molecule has 0 atom stereocenters. The Balaban J connectivity index is 1.82. The minimum Gasteiger partial charge on any atom is -0.403 e. The molecular formula is C20H19F5O. The highest BCUT2D eigenvalue weighted by Gasteiger charge is 2.33. The molecule has 0 unspecified atom stereocenters. The SMILES string of the molecule is CC1CCC(c2ccc(-c3ccc(OC(F)(F)F)c(F)c3F)cc2)CC1. The van der Waals surface area contributed by atoms with E-state index in [4.69, 9.17) is 0 Å². The Hall–Kier alpha value is -2.11. The van der Waals surface area contributed by atoms with E-state index >= 15 is 0 Å². The third-order valence-corrected chi connectivity index (χ3v) is 4.98. The molecule has 26 heavy (non-hydrogen) atoms. The van der Waals surface area contributed by atoms with Gasteiger partial charge in [-0.05, 0) is 47.9 Å². The summed E-state index contributed by atoms with van der Waals surface area (Å²) in [6, 6.07) is 9.00. The van der Waals surface area contributed by atoms with Crippen LogP contribution in [0.1, 0.15) is 44.1 Å². The predicted molar refractivity (Wildman–Crippen MR) is 88.9 cm³/mol. The van der Waals surface area contributed by atoms with Crippen LogP contribution in [0, 0.1) is 17.6 Å². The van der Waals surface area contributed by atoms with Crippen LogP contribution in [0.2, 0.25) is 0 Å². The van der Waals surface area contributed by atoms with Crippen molar-refractivity contribution in [1.82, 2.24) is 0 Å². The van der Waals surface area contributed by atoms with Gasteiger partial charge in [0.25, 0.3) is 0 Å². The van der Waals surface area contributed by atoms with Gasteiger partial charge in [0.1, 0.15) is 0 Å². The number of benzene rings is 2. The van der Waals surface area contributed by atoms with E-state index in [1.807, 2.05) is 12.1 Å². The number of ether oxygens (including phenoxy) is 1. The van der Waals surface area contributed by atoms with Gasteiger partial charge in [-0.25, -0.2) is 4.39 Å². The summed E-state index contributed by atoms with van der Waals surface area (Å²) in [5.41, 5.74) is 1.47. The maximum absolute atomic E-state index is 14.2. The van der Waals surface area contributed by atoms with Crippen molar-refractivity contribution in [2.75, 3.05) is 0 Å². The lowest BCUT2D eigenvalue weighted by molar-refractivity contribution is -0.275. The Labute approximate surface area is 148 Å². The van der Waals surface area contributed by atoms with Crippen molar-refractivity contribution in [2.45, 2.75) is 44.9 Å². The molecule has 0 bridgehead atoms. The first-order valence-corrected chi connectivity index (χ1v) is 8.58. The van der Waals surface area contributed by atoms with Crippen LogP contribution in [0.25, 0.3) is 11.1 Å². The van der Waals surface area contributed by atoms with Gasteiger partial charge in [-0.15, -0.1) is 13.2 Å². The van der Waals surface area contributed by atoms with Gasteiger partial charge < -0.3 is 4.74 Å². The maximum atomic E-state index is 14.2. The van der Waals surface area contributed by atoms with E-state index in [9.17, 15) is 22.0 Å². The van der Waals surface area contributed by atoms with E-state index in [1.165, 1.54) is 12.8 Å². The van der Waals surface area contributed by atoms with Crippen LogP contribution in [0.5, 0.6) is 5.75 Å². The molecule has 0 heterocycles. The summed E-state index contributed by atoms with van der Waals surface area (Å²) in [5, 5.41) is 0. The van der Waals surface area contributed by atoms with Gasteiger partial charge in [0, 0.05) is 5.56 Å². The fourth-order valence-electron chi connectivity index (χ4n) is 3.49. The van der Waals surface area contributed by atoms with Crippen LogP contribution in [0.4, 0.5) is 22.0 Å². The average molecular weight is 370 g/mol. The monoisotopic (exact) mass is 370 g/mol. The van der Waals surface area contributed by atoms with Crippen molar-refractivity contribution in [1.29, 1.82) is 0 Å². The molecule has 0 radical (unpaired) electrons. The van der Waals surface area contributed by atoms with Crippen LogP contribution in [-0.4, -0.2) is 6.36 Å². The standard InChI is InChI=1S/C20H19F5O/c1-12-2-4-13(5-3-12)14-6-8-15(9-7-14)16-10-11-17(19(22)18(16)21)26-20(23,24)25/h6-13H,2-5H2,1H3. The molecule has 0 spiro atoms. The quantitative estimate of drug-likeness (QED) is 0.539. The molecular weight excluding hydrogens is 351 g/mol. The highest BCUT2D eigenvalue weighted by atomic mass is 19.4. The average Bonchev–Trinajstić information content (AvgIpc) is 2.59. The maximum Gasteiger partial charge on any atom is 0.573 e. The lowest BCUT2D eigenvalue weighted by Gasteiger charge is -2.26. The van der Waals surface area contributed by atoms with Gasteiger partial charge in [0.15, 0.2) is 11.6 Å². The second-order valence-electron chi connectivity index (χ2n) is 6.87. The molecule has 1 aliphatic rings. The van der Waals surface area contributed by atoms with Gasteiger partial charge in [-0.2, -0.15) is 4.39 Å². The molecule has 1 nitrogen and oxygen atoms in total. The molecule has 3 rings (SSSR count). The van der Waals surface area contributed by atoms with E-state index < -0.39 is 23.7 Å². The van der Waals surface area contributed by atoms with Gasteiger partial charge in [0.05, 0.1) is 0 Å². The first-order valence-electron chi connectivity index (χ1n) is 8.58. The molecule has 1 fully saturated rings. The normalized spacial score (nSPS) is 20.8. The fraction of sp³-hybridized carbons (Fsp3) is 0.400. The number of alkyl halides is 3. The summed E-state index contributed by atoms with van der Waals surface area (Å²) in [6.45, 7) is 2.24.